The average molecular weight is 335 g/mol. The van der Waals surface area contributed by atoms with Crippen LogP contribution < -0.4 is 10.2 Å². The molecule has 4 rings (SSSR count). The first-order chi connectivity index (χ1) is 12.2. The topological polar surface area (TPSA) is 63.1 Å². The van der Waals surface area contributed by atoms with E-state index in [0.29, 0.717) is 0 Å². The predicted octanol–water partition coefficient (Wildman–Crippen LogP) is 2.98. The van der Waals surface area contributed by atoms with Gasteiger partial charge in [-0.3, -0.25) is 4.79 Å². The van der Waals surface area contributed by atoms with Gasteiger partial charge in [0.05, 0.1) is 5.52 Å². The van der Waals surface area contributed by atoms with Gasteiger partial charge in [-0.2, -0.15) is 0 Å². The molecule has 128 valence electrons. The molecule has 0 aliphatic carbocycles. The van der Waals surface area contributed by atoms with E-state index in [1.54, 1.807) is 4.68 Å². The number of hydrogen-bond donors (Lipinski definition) is 1. The van der Waals surface area contributed by atoms with Crippen LogP contribution in [0.5, 0.6) is 0 Å². The molecule has 0 radical (unpaired) electrons. The second-order valence-electron chi connectivity index (χ2n) is 6.48. The van der Waals surface area contributed by atoms with Crippen LogP contribution in [0.2, 0.25) is 0 Å². The van der Waals surface area contributed by atoms with Crippen LogP contribution in [0.1, 0.15) is 18.4 Å². The van der Waals surface area contributed by atoms with Gasteiger partial charge in [-0.25, -0.2) is 4.68 Å². The van der Waals surface area contributed by atoms with Crippen molar-refractivity contribution in [2.24, 2.45) is 0 Å². The summed E-state index contributed by atoms with van der Waals surface area (Å²) in [4.78, 5) is 14.8. The highest BCUT2D eigenvalue weighted by atomic mass is 16.2. The zero-order chi connectivity index (χ0) is 17.2. The molecule has 0 atom stereocenters. The lowest BCUT2D eigenvalue weighted by Gasteiger charge is -2.20. The summed E-state index contributed by atoms with van der Waals surface area (Å²) in [5, 5.41) is 11.1. The molecule has 1 amide bonds. The minimum Gasteiger partial charge on any atom is -0.371 e. The number of amides is 1. The molecular formula is C19H21N5O. The van der Waals surface area contributed by atoms with Gasteiger partial charge >= 0.3 is 0 Å². The van der Waals surface area contributed by atoms with Gasteiger partial charge in [0, 0.05) is 24.5 Å². The zero-order valence-electron chi connectivity index (χ0n) is 14.3. The molecule has 1 N–H and O–H groups in total. The molecule has 1 aromatic heterocycles. The van der Waals surface area contributed by atoms with E-state index in [0.717, 1.165) is 29.8 Å². The number of nitrogens with one attached hydrogen (secondary N) is 1. The standard InChI is InChI=1S/C19H21N5O/c1-14-12-15(8-9-17(14)23-10-4-5-11-23)20-19(25)13-24-18-7-3-2-6-16(18)21-22-24/h2-3,6-9,12H,4-5,10-11,13H2,1H3,(H,20,25). The summed E-state index contributed by atoms with van der Waals surface area (Å²) < 4.78 is 1.62. The summed E-state index contributed by atoms with van der Waals surface area (Å²) in [7, 11) is 0. The molecule has 2 aromatic carbocycles. The van der Waals surface area contributed by atoms with Crippen molar-refractivity contribution in [1.82, 2.24) is 15.0 Å². The summed E-state index contributed by atoms with van der Waals surface area (Å²) in [6, 6.07) is 13.7. The van der Waals surface area contributed by atoms with Crippen LogP contribution in [0.4, 0.5) is 11.4 Å². The lowest BCUT2D eigenvalue weighted by Crippen LogP contribution is -2.21. The monoisotopic (exact) mass is 335 g/mol. The molecule has 0 bridgehead atoms. The van der Waals surface area contributed by atoms with Gasteiger partial charge in [0.1, 0.15) is 12.1 Å². The van der Waals surface area contributed by atoms with Crippen LogP contribution in [0.3, 0.4) is 0 Å². The minimum atomic E-state index is -0.107. The van der Waals surface area contributed by atoms with Crippen molar-refractivity contribution in [2.45, 2.75) is 26.3 Å². The van der Waals surface area contributed by atoms with Crippen molar-refractivity contribution in [2.75, 3.05) is 23.3 Å². The average Bonchev–Trinajstić information content (AvgIpc) is 3.26. The van der Waals surface area contributed by atoms with Crippen molar-refractivity contribution in [3.8, 4) is 0 Å². The fraction of sp³-hybridized carbons (Fsp3) is 0.316. The summed E-state index contributed by atoms with van der Waals surface area (Å²) in [5.41, 5.74) is 4.91. The third-order valence-corrected chi connectivity index (χ3v) is 4.64. The van der Waals surface area contributed by atoms with E-state index in [4.69, 9.17) is 0 Å². The van der Waals surface area contributed by atoms with E-state index in [2.05, 4.69) is 33.5 Å². The molecule has 2 heterocycles. The quantitative estimate of drug-likeness (QED) is 0.796. The third-order valence-electron chi connectivity index (χ3n) is 4.64. The van der Waals surface area contributed by atoms with E-state index >= 15 is 0 Å². The highest BCUT2D eigenvalue weighted by molar-refractivity contribution is 5.91. The lowest BCUT2D eigenvalue weighted by atomic mass is 10.1. The lowest BCUT2D eigenvalue weighted by molar-refractivity contribution is -0.116. The molecular weight excluding hydrogens is 314 g/mol. The maximum atomic E-state index is 12.4. The molecule has 0 saturated carbocycles. The van der Waals surface area contributed by atoms with Crippen molar-refractivity contribution in [1.29, 1.82) is 0 Å². The number of carbonyl (C=O) groups is 1. The molecule has 1 fully saturated rings. The third kappa shape index (κ3) is 3.20. The fourth-order valence-electron chi connectivity index (χ4n) is 3.42. The normalized spacial score (nSPS) is 14.2. The predicted molar refractivity (Wildman–Crippen MR) is 98.8 cm³/mol. The van der Waals surface area contributed by atoms with Gasteiger partial charge in [-0.1, -0.05) is 17.3 Å². The van der Waals surface area contributed by atoms with Gasteiger partial charge < -0.3 is 10.2 Å². The Morgan fingerprint density at radius 1 is 1.16 bits per heavy atom. The second-order valence-corrected chi connectivity index (χ2v) is 6.48. The molecule has 3 aromatic rings. The first-order valence-corrected chi connectivity index (χ1v) is 8.64. The molecule has 0 unspecified atom stereocenters. The Labute approximate surface area is 146 Å². The Bertz CT molecular complexity index is 911. The summed E-state index contributed by atoms with van der Waals surface area (Å²) in [6.45, 7) is 4.47. The number of aryl methyl sites for hydroxylation is 1. The highest BCUT2D eigenvalue weighted by Gasteiger charge is 2.15. The van der Waals surface area contributed by atoms with Crippen molar-refractivity contribution in [3.63, 3.8) is 0 Å². The Morgan fingerprint density at radius 3 is 2.76 bits per heavy atom. The zero-order valence-corrected chi connectivity index (χ0v) is 14.3. The first kappa shape index (κ1) is 15.6. The van der Waals surface area contributed by atoms with Crippen LogP contribution >= 0.6 is 0 Å². The smallest absolute Gasteiger partial charge is 0.246 e. The second kappa shape index (κ2) is 6.55. The van der Waals surface area contributed by atoms with Gasteiger partial charge in [0.25, 0.3) is 0 Å². The van der Waals surface area contributed by atoms with Gasteiger partial charge in [-0.15, -0.1) is 5.10 Å². The first-order valence-electron chi connectivity index (χ1n) is 8.64. The van der Waals surface area contributed by atoms with Crippen LogP contribution in [0.25, 0.3) is 11.0 Å². The van der Waals surface area contributed by atoms with E-state index in [-0.39, 0.29) is 12.5 Å². The molecule has 6 nitrogen and oxygen atoms in total. The van der Waals surface area contributed by atoms with E-state index in [1.807, 2.05) is 36.4 Å². The van der Waals surface area contributed by atoms with Gasteiger partial charge in [0.2, 0.25) is 5.91 Å². The number of nitrogens with zero attached hydrogens (tertiary/aromatic N) is 4. The Morgan fingerprint density at radius 2 is 1.96 bits per heavy atom. The fourth-order valence-corrected chi connectivity index (χ4v) is 3.42. The molecule has 0 spiro atoms. The largest absolute Gasteiger partial charge is 0.371 e. The van der Waals surface area contributed by atoms with Crippen molar-refractivity contribution >= 4 is 28.3 Å². The minimum absolute atomic E-state index is 0.107. The number of carbonyl (C=O) groups excluding carboxylic acids is 1. The molecule has 1 saturated heterocycles. The van der Waals surface area contributed by atoms with E-state index in [1.165, 1.54) is 24.1 Å². The van der Waals surface area contributed by atoms with Gasteiger partial charge in [-0.05, 0) is 55.7 Å². The van der Waals surface area contributed by atoms with E-state index in [9.17, 15) is 4.79 Å². The van der Waals surface area contributed by atoms with Crippen LogP contribution in [0, 0.1) is 6.92 Å². The van der Waals surface area contributed by atoms with Crippen LogP contribution in [-0.4, -0.2) is 34.0 Å². The summed E-state index contributed by atoms with van der Waals surface area (Å²) in [5.74, 6) is -0.107. The molecule has 25 heavy (non-hydrogen) atoms. The molecule has 1 aliphatic rings. The molecule has 1 aliphatic heterocycles. The van der Waals surface area contributed by atoms with Crippen molar-refractivity contribution in [3.05, 3.63) is 48.0 Å². The van der Waals surface area contributed by atoms with Crippen molar-refractivity contribution < 1.29 is 4.79 Å². The number of fused-ring (bicyclic) bond motifs is 1. The summed E-state index contributed by atoms with van der Waals surface area (Å²) >= 11 is 0. The SMILES string of the molecule is Cc1cc(NC(=O)Cn2nnc3ccccc32)ccc1N1CCCC1. The van der Waals surface area contributed by atoms with Gasteiger partial charge in [0.15, 0.2) is 0 Å². The molecule has 6 heteroatoms. The number of para-hydroxylation sites is 1. The Balaban J connectivity index is 1.46. The Kier molecular flexibility index (Phi) is 4.09. The summed E-state index contributed by atoms with van der Waals surface area (Å²) in [6.07, 6.45) is 2.51. The number of anilines is 2. The van der Waals surface area contributed by atoms with E-state index < -0.39 is 0 Å². The number of benzene rings is 2. The number of rotatable bonds is 4. The van der Waals surface area contributed by atoms with Crippen LogP contribution in [-0.2, 0) is 11.3 Å². The maximum Gasteiger partial charge on any atom is 0.246 e. The maximum absolute atomic E-state index is 12.4. The van der Waals surface area contributed by atoms with Crippen LogP contribution in [0.15, 0.2) is 42.5 Å². The number of hydrogen-bond acceptors (Lipinski definition) is 4. The Hall–Kier alpha value is -2.89. The number of aromatic nitrogens is 3. The highest BCUT2D eigenvalue weighted by Crippen LogP contribution is 2.26.